The summed E-state index contributed by atoms with van der Waals surface area (Å²) in [5.74, 6) is 0.335. The van der Waals surface area contributed by atoms with E-state index in [9.17, 15) is 9.59 Å². The van der Waals surface area contributed by atoms with Crippen molar-refractivity contribution in [1.29, 1.82) is 0 Å². The summed E-state index contributed by atoms with van der Waals surface area (Å²) in [6, 6.07) is 19.7. The van der Waals surface area contributed by atoms with Crippen molar-refractivity contribution in [2.45, 2.75) is 13.0 Å². The number of ether oxygens (including phenoxy) is 3. The van der Waals surface area contributed by atoms with E-state index in [1.165, 1.54) is 25.1 Å². The lowest BCUT2D eigenvalue weighted by Crippen LogP contribution is -2.25. The van der Waals surface area contributed by atoms with Gasteiger partial charge in [0.1, 0.15) is 0 Å². The Labute approximate surface area is 206 Å². The second-order valence-corrected chi connectivity index (χ2v) is 7.90. The number of hydrogen-bond donors (Lipinski definition) is 0. The summed E-state index contributed by atoms with van der Waals surface area (Å²) in [5, 5.41) is 5.09. The third-order valence-corrected chi connectivity index (χ3v) is 5.47. The number of nitrogens with zero attached hydrogens (tertiary/aromatic N) is 3. The SMILES string of the molecule is COC(=O)[C@H](C)Oc1c(Cl)cc(C=Nn2c(-c3ccccc3)nc3ccccc3c2=O)cc1OC. The molecule has 0 N–H and O–H groups in total. The van der Waals surface area contributed by atoms with E-state index in [4.69, 9.17) is 25.8 Å². The van der Waals surface area contributed by atoms with Crippen molar-refractivity contribution in [2.24, 2.45) is 5.10 Å². The van der Waals surface area contributed by atoms with Crippen LogP contribution < -0.4 is 15.0 Å². The Balaban J connectivity index is 1.78. The van der Waals surface area contributed by atoms with Crippen LogP contribution in [0, 0.1) is 0 Å². The lowest BCUT2D eigenvalue weighted by atomic mass is 10.2. The predicted octanol–water partition coefficient (Wildman–Crippen LogP) is 4.55. The van der Waals surface area contributed by atoms with E-state index >= 15 is 0 Å². The molecule has 35 heavy (non-hydrogen) atoms. The first-order valence-corrected chi connectivity index (χ1v) is 11.0. The Morgan fingerprint density at radius 1 is 1.09 bits per heavy atom. The Morgan fingerprint density at radius 2 is 1.80 bits per heavy atom. The first-order valence-electron chi connectivity index (χ1n) is 10.7. The monoisotopic (exact) mass is 491 g/mol. The highest BCUT2D eigenvalue weighted by Gasteiger charge is 2.20. The van der Waals surface area contributed by atoms with Crippen molar-refractivity contribution in [3.8, 4) is 22.9 Å². The van der Waals surface area contributed by atoms with Crippen LogP contribution in [0.25, 0.3) is 22.3 Å². The maximum absolute atomic E-state index is 13.3. The maximum Gasteiger partial charge on any atom is 0.346 e. The van der Waals surface area contributed by atoms with Gasteiger partial charge in [-0.1, -0.05) is 54.1 Å². The van der Waals surface area contributed by atoms with Crippen LogP contribution in [0.1, 0.15) is 12.5 Å². The van der Waals surface area contributed by atoms with E-state index in [0.29, 0.717) is 28.0 Å². The summed E-state index contributed by atoms with van der Waals surface area (Å²) in [4.78, 5) is 29.7. The maximum atomic E-state index is 13.3. The lowest BCUT2D eigenvalue weighted by molar-refractivity contribution is -0.147. The molecule has 0 aliphatic heterocycles. The fourth-order valence-electron chi connectivity index (χ4n) is 3.45. The first kappa shape index (κ1) is 24.0. The van der Waals surface area contributed by atoms with Crippen molar-refractivity contribution < 1.29 is 19.0 Å². The number of esters is 1. The van der Waals surface area contributed by atoms with E-state index < -0.39 is 12.1 Å². The summed E-state index contributed by atoms with van der Waals surface area (Å²) >= 11 is 6.42. The quantitative estimate of drug-likeness (QED) is 0.278. The Bertz CT molecular complexity index is 1470. The van der Waals surface area contributed by atoms with Gasteiger partial charge in [0, 0.05) is 5.56 Å². The molecule has 1 aromatic heterocycles. The van der Waals surface area contributed by atoms with Crippen LogP contribution in [0.4, 0.5) is 0 Å². The van der Waals surface area contributed by atoms with Gasteiger partial charge in [0.25, 0.3) is 5.56 Å². The second kappa shape index (κ2) is 10.4. The molecular weight excluding hydrogens is 470 g/mol. The zero-order valence-corrected chi connectivity index (χ0v) is 20.0. The molecule has 0 saturated carbocycles. The van der Waals surface area contributed by atoms with Gasteiger partial charge >= 0.3 is 5.97 Å². The van der Waals surface area contributed by atoms with Crippen molar-refractivity contribution in [3.05, 3.63) is 87.7 Å². The number of hydrogen-bond acceptors (Lipinski definition) is 7. The fourth-order valence-corrected chi connectivity index (χ4v) is 3.71. The molecule has 0 radical (unpaired) electrons. The summed E-state index contributed by atoms with van der Waals surface area (Å²) in [6.07, 6.45) is 0.591. The third kappa shape index (κ3) is 5.02. The van der Waals surface area contributed by atoms with Crippen LogP contribution in [-0.4, -0.2) is 42.2 Å². The molecule has 0 unspecified atom stereocenters. The first-order chi connectivity index (χ1) is 16.9. The largest absolute Gasteiger partial charge is 0.493 e. The van der Waals surface area contributed by atoms with Crippen molar-refractivity contribution in [1.82, 2.24) is 9.66 Å². The number of aromatic nitrogens is 2. The second-order valence-electron chi connectivity index (χ2n) is 7.50. The highest BCUT2D eigenvalue weighted by Crippen LogP contribution is 2.37. The minimum atomic E-state index is -0.887. The fraction of sp³-hybridized carbons (Fsp3) is 0.154. The number of para-hydroxylation sites is 1. The third-order valence-electron chi connectivity index (χ3n) is 5.19. The molecule has 1 heterocycles. The smallest absolute Gasteiger partial charge is 0.346 e. The topological polar surface area (TPSA) is 92.0 Å². The Kier molecular flexibility index (Phi) is 7.12. The number of methoxy groups -OCH3 is 2. The summed E-state index contributed by atoms with van der Waals surface area (Å²) in [6.45, 7) is 1.54. The summed E-state index contributed by atoms with van der Waals surface area (Å²) < 4.78 is 17.0. The number of rotatable bonds is 7. The van der Waals surface area contributed by atoms with Gasteiger partial charge in [0.2, 0.25) is 0 Å². The Morgan fingerprint density at radius 3 is 2.51 bits per heavy atom. The lowest BCUT2D eigenvalue weighted by Gasteiger charge is -2.17. The molecule has 0 amide bonds. The normalized spacial score (nSPS) is 12.0. The molecule has 4 rings (SSSR count). The molecule has 3 aromatic carbocycles. The molecule has 0 aliphatic carbocycles. The average molecular weight is 492 g/mol. The molecule has 0 saturated heterocycles. The predicted molar refractivity (Wildman–Crippen MR) is 135 cm³/mol. The molecule has 0 spiro atoms. The van der Waals surface area contributed by atoms with E-state index in [-0.39, 0.29) is 16.3 Å². The van der Waals surface area contributed by atoms with Gasteiger partial charge in [-0.25, -0.2) is 9.78 Å². The van der Waals surface area contributed by atoms with Crippen LogP contribution in [-0.2, 0) is 9.53 Å². The number of halogens is 1. The van der Waals surface area contributed by atoms with E-state index in [1.54, 1.807) is 37.3 Å². The van der Waals surface area contributed by atoms with Crippen molar-refractivity contribution >= 4 is 34.7 Å². The zero-order chi connectivity index (χ0) is 24.9. The van der Waals surface area contributed by atoms with Gasteiger partial charge in [-0.3, -0.25) is 4.79 Å². The zero-order valence-electron chi connectivity index (χ0n) is 19.3. The van der Waals surface area contributed by atoms with Gasteiger partial charge in [-0.2, -0.15) is 9.78 Å². The van der Waals surface area contributed by atoms with E-state index in [0.717, 1.165) is 5.56 Å². The summed E-state index contributed by atoms with van der Waals surface area (Å²) in [5.41, 5.74) is 1.55. The number of carbonyl (C=O) groups is 1. The van der Waals surface area contributed by atoms with Crippen LogP contribution >= 0.6 is 11.6 Å². The molecule has 8 nitrogen and oxygen atoms in total. The van der Waals surface area contributed by atoms with Crippen molar-refractivity contribution in [2.75, 3.05) is 14.2 Å². The van der Waals surface area contributed by atoms with Gasteiger partial charge in [0.15, 0.2) is 23.4 Å². The van der Waals surface area contributed by atoms with E-state index in [1.807, 2.05) is 36.4 Å². The molecule has 178 valence electrons. The summed E-state index contributed by atoms with van der Waals surface area (Å²) in [7, 11) is 2.72. The Hall–Kier alpha value is -4.17. The number of fused-ring (bicyclic) bond motifs is 1. The van der Waals surface area contributed by atoms with Crippen LogP contribution in [0.2, 0.25) is 5.02 Å². The molecule has 0 aliphatic rings. The van der Waals surface area contributed by atoms with Crippen LogP contribution in [0.5, 0.6) is 11.5 Å². The minimum Gasteiger partial charge on any atom is -0.493 e. The molecule has 1 atom stereocenters. The highest BCUT2D eigenvalue weighted by atomic mass is 35.5. The van der Waals surface area contributed by atoms with Crippen molar-refractivity contribution in [3.63, 3.8) is 0 Å². The van der Waals surface area contributed by atoms with Gasteiger partial charge in [-0.15, -0.1) is 0 Å². The molecule has 0 bridgehead atoms. The minimum absolute atomic E-state index is 0.193. The number of benzene rings is 3. The molecular formula is C26H22ClN3O5. The highest BCUT2D eigenvalue weighted by molar-refractivity contribution is 6.32. The molecule has 4 aromatic rings. The number of carbonyl (C=O) groups excluding carboxylic acids is 1. The average Bonchev–Trinajstić information content (AvgIpc) is 2.89. The van der Waals surface area contributed by atoms with Crippen LogP contribution in [0.3, 0.4) is 0 Å². The van der Waals surface area contributed by atoms with Gasteiger partial charge in [0.05, 0.1) is 36.4 Å². The van der Waals surface area contributed by atoms with Gasteiger partial charge < -0.3 is 14.2 Å². The van der Waals surface area contributed by atoms with E-state index in [2.05, 4.69) is 10.1 Å². The molecule has 9 heteroatoms. The molecule has 0 fully saturated rings. The van der Waals surface area contributed by atoms with Crippen LogP contribution in [0.15, 0.2) is 76.6 Å². The standard InChI is InChI=1S/C26H22ClN3O5/c1-16(26(32)34-3)35-23-20(27)13-17(14-22(23)33-2)15-28-30-24(18-9-5-4-6-10-18)29-21-12-8-7-11-19(21)25(30)31/h4-16H,1-3H3/t16-/m0/s1. The van der Waals surface area contributed by atoms with Gasteiger partial charge in [-0.05, 0) is 36.8 Å².